The number of hydrogen-bond donors (Lipinski definition) is 1. The summed E-state index contributed by atoms with van der Waals surface area (Å²) in [7, 11) is 0. The SMILES string of the molecule is CCn1cc([C@@H]2OCCC[C@H]2CNC(=O)c2nonc2C)cn1. The Morgan fingerprint density at radius 2 is 2.35 bits per heavy atom. The van der Waals surface area contributed by atoms with Gasteiger partial charge >= 0.3 is 0 Å². The van der Waals surface area contributed by atoms with E-state index >= 15 is 0 Å². The molecule has 2 aromatic heterocycles. The number of aromatic nitrogens is 4. The third-order valence-electron chi connectivity index (χ3n) is 4.14. The summed E-state index contributed by atoms with van der Waals surface area (Å²) < 4.78 is 12.4. The van der Waals surface area contributed by atoms with Crippen molar-refractivity contribution in [2.75, 3.05) is 13.2 Å². The molecule has 1 fully saturated rings. The molecule has 1 saturated heterocycles. The highest BCUT2D eigenvalue weighted by Gasteiger charge is 2.29. The van der Waals surface area contributed by atoms with Gasteiger partial charge in [-0.1, -0.05) is 5.16 Å². The fraction of sp³-hybridized carbons (Fsp3) is 0.600. The predicted molar refractivity (Wildman–Crippen MR) is 80.7 cm³/mol. The van der Waals surface area contributed by atoms with Gasteiger partial charge < -0.3 is 10.1 Å². The minimum Gasteiger partial charge on any atom is -0.373 e. The summed E-state index contributed by atoms with van der Waals surface area (Å²) in [6.07, 6.45) is 5.80. The third-order valence-corrected chi connectivity index (χ3v) is 4.14. The molecule has 3 rings (SSSR count). The fourth-order valence-corrected chi connectivity index (χ4v) is 2.87. The molecule has 8 heteroatoms. The van der Waals surface area contributed by atoms with Crippen LogP contribution in [0, 0.1) is 12.8 Å². The normalized spacial score (nSPS) is 21.3. The topological polar surface area (TPSA) is 95.1 Å². The van der Waals surface area contributed by atoms with Crippen molar-refractivity contribution in [2.45, 2.75) is 39.3 Å². The second-order valence-electron chi connectivity index (χ2n) is 5.73. The number of rotatable bonds is 5. The molecule has 124 valence electrons. The Morgan fingerprint density at radius 1 is 1.48 bits per heavy atom. The Balaban J connectivity index is 1.65. The molecule has 1 amide bonds. The van der Waals surface area contributed by atoms with Gasteiger partial charge in [0.2, 0.25) is 0 Å². The molecule has 0 bridgehead atoms. The first-order chi connectivity index (χ1) is 11.2. The van der Waals surface area contributed by atoms with Gasteiger partial charge in [0.05, 0.1) is 12.3 Å². The van der Waals surface area contributed by atoms with Crippen molar-refractivity contribution in [1.82, 2.24) is 25.4 Å². The summed E-state index contributed by atoms with van der Waals surface area (Å²) in [5, 5.41) is 14.5. The lowest BCUT2D eigenvalue weighted by molar-refractivity contribution is -0.0273. The monoisotopic (exact) mass is 319 g/mol. The molecule has 0 unspecified atom stereocenters. The molecule has 1 aliphatic heterocycles. The minimum absolute atomic E-state index is 0.0409. The summed E-state index contributed by atoms with van der Waals surface area (Å²) in [5.41, 5.74) is 1.78. The highest BCUT2D eigenvalue weighted by Crippen LogP contribution is 2.33. The second-order valence-corrected chi connectivity index (χ2v) is 5.73. The van der Waals surface area contributed by atoms with Crippen LogP contribution in [0.1, 0.15) is 47.6 Å². The van der Waals surface area contributed by atoms with Crippen molar-refractivity contribution < 1.29 is 14.2 Å². The van der Waals surface area contributed by atoms with E-state index in [1.54, 1.807) is 6.92 Å². The number of amides is 1. The Kier molecular flexibility index (Phi) is 4.71. The highest BCUT2D eigenvalue weighted by molar-refractivity contribution is 5.92. The van der Waals surface area contributed by atoms with Crippen LogP contribution in [0.3, 0.4) is 0 Å². The van der Waals surface area contributed by atoms with Gasteiger partial charge in [-0.15, -0.1) is 0 Å². The Morgan fingerprint density at radius 3 is 3.04 bits per heavy atom. The summed E-state index contributed by atoms with van der Waals surface area (Å²) in [4.78, 5) is 12.1. The number of carbonyl (C=O) groups excluding carboxylic acids is 1. The van der Waals surface area contributed by atoms with Crippen LogP contribution in [0.15, 0.2) is 17.0 Å². The first kappa shape index (κ1) is 15.7. The van der Waals surface area contributed by atoms with Crippen molar-refractivity contribution >= 4 is 5.91 Å². The Bertz CT molecular complexity index is 666. The maximum absolute atomic E-state index is 12.1. The quantitative estimate of drug-likeness (QED) is 0.897. The molecular formula is C15H21N5O3. The highest BCUT2D eigenvalue weighted by atomic mass is 16.6. The largest absolute Gasteiger partial charge is 0.373 e. The summed E-state index contributed by atoms with van der Waals surface area (Å²) in [6.45, 7) is 5.82. The minimum atomic E-state index is -0.266. The lowest BCUT2D eigenvalue weighted by Gasteiger charge is -2.31. The first-order valence-electron chi connectivity index (χ1n) is 7.90. The van der Waals surface area contributed by atoms with Crippen LogP contribution in [0.5, 0.6) is 0 Å². The van der Waals surface area contributed by atoms with E-state index < -0.39 is 0 Å². The standard InChI is InChI=1S/C15H21N5O3/c1-3-20-9-12(8-17-20)14-11(5-4-6-22-14)7-16-15(21)13-10(2)18-23-19-13/h8-9,11,14H,3-7H2,1-2H3,(H,16,21)/t11-,14+/m0/s1. The maximum Gasteiger partial charge on any atom is 0.275 e. The molecule has 0 saturated carbocycles. The van der Waals surface area contributed by atoms with Gasteiger partial charge in [-0.3, -0.25) is 9.48 Å². The zero-order chi connectivity index (χ0) is 16.2. The van der Waals surface area contributed by atoms with Gasteiger partial charge in [0.25, 0.3) is 5.91 Å². The average Bonchev–Trinajstić information content (AvgIpc) is 3.21. The van der Waals surface area contributed by atoms with Crippen LogP contribution in [-0.2, 0) is 11.3 Å². The zero-order valence-electron chi connectivity index (χ0n) is 13.4. The molecular weight excluding hydrogens is 298 g/mol. The van der Waals surface area contributed by atoms with Crippen molar-refractivity contribution in [3.63, 3.8) is 0 Å². The lowest BCUT2D eigenvalue weighted by Crippen LogP contribution is -2.35. The van der Waals surface area contributed by atoms with E-state index in [2.05, 4.69) is 25.4 Å². The first-order valence-corrected chi connectivity index (χ1v) is 7.90. The van der Waals surface area contributed by atoms with E-state index in [9.17, 15) is 4.79 Å². The average molecular weight is 319 g/mol. The third kappa shape index (κ3) is 3.42. The van der Waals surface area contributed by atoms with Crippen LogP contribution >= 0.6 is 0 Å². The van der Waals surface area contributed by atoms with Gasteiger partial charge in [0, 0.05) is 37.4 Å². The molecule has 1 aliphatic rings. The van der Waals surface area contributed by atoms with Crippen LogP contribution in [0.4, 0.5) is 0 Å². The van der Waals surface area contributed by atoms with E-state index in [0.717, 1.165) is 31.6 Å². The van der Waals surface area contributed by atoms with Gasteiger partial charge in [-0.05, 0) is 31.8 Å². The van der Waals surface area contributed by atoms with Crippen molar-refractivity contribution in [1.29, 1.82) is 0 Å². The summed E-state index contributed by atoms with van der Waals surface area (Å²) in [5.74, 6) is -0.0558. The van der Waals surface area contributed by atoms with E-state index in [1.165, 1.54) is 0 Å². The second kappa shape index (κ2) is 6.91. The molecule has 0 aliphatic carbocycles. The molecule has 1 N–H and O–H groups in total. The van der Waals surface area contributed by atoms with E-state index in [-0.39, 0.29) is 23.6 Å². The number of nitrogens with zero attached hydrogens (tertiary/aromatic N) is 4. The molecule has 0 radical (unpaired) electrons. The van der Waals surface area contributed by atoms with Crippen LogP contribution in [-0.4, -0.2) is 39.2 Å². The van der Waals surface area contributed by atoms with Crippen molar-refractivity contribution in [2.24, 2.45) is 5.92 Å². The molecule has 3 heterocycles. The summed E-state index contributed by atoms with van der Waals surface area (Å²) >= 11 is 0. The number of aryl methyl sites for hydroxylation is 2. The molecule has 2 atom stereocenters. The van der Waals surface area contributed by atoms with Gasteiger partial charge in [0.1, 0.15) is 5.69 Å². The van der Waals surface area contributed by atoms with E-state index in [1.807, 2.05) is 24.0 Å². The molecule has 8 nitrogen and oxygen atoms in total. The smallest absolute Gasteiger partial charge is 0.275 e. The molecule has 23 heavy (non-hydrogen) atoms. The van der Waals surface area contributed by atoms with Crippen molar-refractivity contribution in [3.8, 4) is 0 Å². The molecule has 0 spiro atoms. The van der Waals surface area contributed by atoms with Gasteiger partial charge in [0.15, 0.2) is 5.69 Å². The number of nitrogens with one attached hydrogen (secondary N) is 1. The Labute approximate surface area is 134 Å². The number of carbonyl (C=O) groups is 1. The lowest BCUT2D eigenvalue weighted by atomic mass is 9.91. The Hall–Kier alpha value is -2.22. The van der Waals surface area contributed by atoms with Crippen LogP contribution in [0.25, 0.3) is 0 Å². The molecule has 0 aromatic carbocycles. The number of hydrogen-bond acceptors (Lipinski definition) is 6. The van der Waals surface area contributed by atoms with Crippen LogP contribution < -0.4 is 5.32 Å². The number of ether oxygens (including phenoxy) is 1. The van der Waals surface area contributed by atoms with Crippen molar-refractivity contribution in [3.05, 3.63) is 29.3 Å². The summed E-state index contributed by atoms with van der Waals surface area (Å²) in [6, 6.07) is 0. The van der Waals surface area contributed by atoms with Gasteiger partial charge in [-0.2, -0.15) is 5.10 Å². The maximum atomic E-state index is 12.1. The van der Waals surface area contributed by atoms with E-state index in [0.29, 0.717) is 12.2 Å². The van der Waals surface area contributed by atoms with Crippen LogP contribution in [0.2, 0.25) is 0 Å². The predicted octanol–water partition coefficient (Wildman–Crippen LogP) is 1.49. The molecule has 2 aromatic rings. The fourth-order valence-electron chi connectivity index (χ4n) is 2.87. The zero-order valence-corrected chi connectivity index (χ0v) is 13.4. The van der Waals surface area contributed by atoms with Gasteiger partial charge in [-0.25, -0.2) is 4.63 Å². The van der Waals surface area contributed by atoms with E-state index in [4.69, 9.17) is 4.74 Å².